The molecule has 0 amide bonds. The van der Waals surface area contributed by atoms with Crippen molar-refractivity contribution in [2.75, 3.05) is 40.0 Å². The van der Waals surface area contributed by atoms with E-state index in [4.69, 9.17) is 4.74 Å². The van der Waals surface area contributed by atoms with Gasteiger partial charge in [-0.1, -0.05) is 18.2 Å². The zero-order valence-electron chi connectivity index (χ0n) is 15.6. The van der Waals surface area contributed by atoms with E-state index in [0.29, 0.717) is 6.61 Å². The molecule has 1 aliphatic rings. The summed E-state index contributed by atoms with van der Waals surface area (Å²) in [6.45, 7) is 3.32. The number of nitrogens with one attached hydrogen (secondary N) is 3. The maximum atomic E-state index is 9.32. The number of benzene rings is 1. The average molecular weight is 358 g/mol. The standard InChI is InChI=1S/C20H30N4O2/c1-21-19(24-14-20(8-11-25)9-12-26-15-20)22-10-4-5-16-13-23-18-7-3-2-6-17(16)18/h2-3,6-7,13,23,25H,4-5,8-12,14-15H2,1H3,(H2,21,22,24). The summed E-state index contributed by atoms with van der Waals surface area (Å²) in [7, 11) is 1.79. The molecule has 2 aromatic rings. The van der Waals surface area contributed by atoms with Gasteiger partial charge in [-0.15, -0.1) is 0 Å². The van der Waals surface area contributed by atoms with E-state index in [1.165, 1.54) is 16.5 Å². The van der Waals surface area contributed by atoms with Crippen LogP contribution in [0.2, 0.25) is 0 Å². The van der Waals surface area contributed by atoms with E-state index in [0.717, 1.165) is 51.3 Å². The van der Waals surface area contributed by atoms with Gasteiger partial charge in [0.2, 0.25) is 0 Å². The number of fused-ring (bicyclic) bond motifs is 1. The fourth-order valence-electron chi connectivity index (χ4n) is 3.63. The quantitative estimate of drug-likeness (QED) is 0.331. The molecule has 1 fully saturated rings. The highest BCUT2D eigenvalue weighted by Gasteiger charge is 2.34. The number of aliphatic hydroxyl groups excluding tert-OH is 1. The van der Waals surface area contributed by atoms with Crippen molar-refractivity contribution in [2.24, 2.45) is 10.4 Å². The Morgan fingerprint density at radius 2 is 2.23 bits per heavy atom. The molecule has 1 aliphatic heterocycles. The van der Waals surface area contributed by atoms with E-state index in [2.05, 4.69) is 51.1 Å². The molecule has 1 unspecified atom stereocenters. The van der Waals surface area contributed by atoms with Crippen molar-refractivity contribution in [1.82, 2.24) is 15.6 Å². The first-order valence-electron chi connectivity index (χ1n) is 9.44. The molecular weight excluding hydrogens is 328 g/mol. The number of aromatic nitrogens is 1. The monoisotopic (exact) mass is 358 g/mol. The summed E-state index contributed by atoms with van der Waals surface area (Å²) in [4.78, 5) is 7.64. The number of aryl methyl sites for hydroxylation is 1. The number of aliphatic hydroxyl groups is 1. The van der Waals surface area contributed by atoms with Crippen molar-refractivity contribution in [2.45, 2.75) is 25.7 Å². The maximum absolute atomic E-state index is 9.32. The fourth-order valence-corrected chi connectivity index (χ4v) is 3.63. The molecule has 1 aromatic carbocycles. The van der Waals surface area contributed by atoms with Crippen molar-refractivity contribution in [3.8, 4) is 0 Å². The molecule has 3 rings (SSSR count). The number of hydrogen-bond donors (Lipinski definition) is 4. The third-order valence-corrected chi connectivity index (χ3v) is 5.27. The van der Waals surface area contributed by atoms with Crippen molar-refractivity contribution < 1.29 is 9.84 Å². The van der Waals surface area contributed by atoms with Crippen LogP contribution in [0, 0.1) is 5.41 Å². The summed E-state index contributed by atoms with van der Waals surface area (Å²) in [5, 5.41) is 17.4. The smallest absolute Gasteiger partial charge is 0.190 e. The summed E-state index contributed by atoms with van der Waals surface area (Å²) in [6, 6.07) is 8.41. The summed E-state index contributed by atoms with van der Waals surface area (Å²) < 4.78 is 5.54. The molecule has 0 spiro atoms. The van der Waals surface area contributed by atoms with Crippen molar-refractivity contribution in [3.05, 3.63) is 36.0 Å². The molecule has 1 atom stereocenters. The summed E-state index contributed by atoms with van der Waals surface area (Å²) in [5.41, 5.74) is 2.58. The van der Waals surface area contributed by atoms with E-state index < -0.39 is 0 Å². The van der Waals surface area contributed by atoms with Crippen LogP contribution in [0.15, 0.2) is 35.5 Å². The minimum atomic E-state index is 0.0242. The van der Waals surface area contributed by atoms with Crippen molar-refractivity contribution >= 4 is 16.9 Å². The number of nitrogens with zero attached hydrogens (tertiary/aromatic N) is 1. The van der Waals surface area contributed by atoms with E-state index in [9.17, 15) is 5.11 Å². The van der Waals surface area contributed by atoms with Gasteiger partial charge in [0.15, 0.2) is 5.96 Å². The minimum absolute atomic E-state index is 0.0242. The molecule has 1 aromatic heterocycles. The first kappa shape index (κ1) is 18.7. The van der Waals surface area contributed by atoms with Gasteiger partial charge in [0.1, 0.15) is 0 Å². The van der Waals surface area contributed by atoms with Gasteiger partial charge in [-0.3, -0.25) is 4.99 Å². The summed E-state index contributed by atoms with van der Waals surface area (Å²) in [6.07, 6.45) is 5.91. The van der Waals surface area contributed by atoms with Crippen LogP contribution in [-0.2, 0) is 11.2 Å². The number of aliphatic imine (C=N–C) groups is 1. The third kappa shape index (κ3) is 4.56. The first-order valence-corrected chi connectivity index (χ1v) is 9.44. The summed E-state index contributed by atoms with van der Waals surface area (Å²) in [5.74, 6) is 0.813. The molecule has 6 nitrogen and oxygen atoms in total. The van der Waals surface area contributed by atoms with E-state index in [1.807, 2.05) is 0 Å². The second-order valence-electron chi connectivity index (χ2n) is 7.09. The van der Waals surface area contributed by atoms with Gasteiger partial charge in [-0.05, 0) is 37.3 Å². The Balaban J connectivity index is 1.43. The Kier molecular flexibility index (Phi) is 6.52. The molecule has 6 heteroatoms. The molecule has 4 N–H and O–H groups in total. The van der Waals surface area contributed by atoms with Crippen LogP contribution in [0.3, 0.4) is 0 Å². The van der Waals surface area contributed by atoms with Crippen LogP contribution < -0.4 is 10.6 Å². The number of guanidine groups is 1. The molecule has 1 saturated heterocycles. The molecule has 0 radical (unpaired) electrons. The van der Waals surface area contributed by atoms with Crippen LogP contribution in [0.4, 0.5) is 0 Å². The second-order valence-corrected chi connectivity index (χ2v) is 7.09. The largest absolute Gasteiger partial charge is 0.396 e. The predicted octanol–water partition coefficient (Wildman–Crippen LogP) is 2.05. The number of rotatable bonds is 8. The Morgan fingerprint density at radius 3 is 3.00 bits per heavy atom. The number of hydrogen-bond acceptors (Lipinski definition) is 3. The van der Waals surface area contributed by atoms with Gasteiger partial charge >= 0.3 is 0 Å². The Hall–Kier alpha value is -2.05. The highest BCUT2D eigenvalue weighted by molar-refractivity contribution is 5.83. The summed E-state index contributed by atoms with van der Waals surface area (Å²) >= 11 is 0. The number of H-pyrrole nitrogens is 1. The lowest BCUT2D eigenvalue weighted by molar-refractivity contribution is 0.127. The number of aromatic amines is 1. The molecule has 0 aliphatic carbocycles. The highest BCUT2D eigenvalue weighted by Crippen LogP contribution is 2.31. The number of para-hydroxylation sites is 1. The van der Waals surface area contributed by atoms with Gasteiger partial charge in [0, 0.05) is 55.9 Å². The molecule has 142 valence electrons. The van der Waals surface area contributed by atoms with E-state index in [1.54, 1.807) is 7.05 Å². The van der Waals surface area contributed by atoms with Crippen molar-refractivity contribution in [3.63, 3.8) is 0 Å². The normalized spacial score (nSPS) is 20.6. The Morgan fingerprint density at radius 1 is 1.35 bits per heavy atom. The zero-order chi connectivity index (χ0) is 18.2. The minimum Gasteiger partial charge on any atom is -0.396 e. The highest BCUT2D eigenvalue weighted by atomic mass is 16.5. The second kappa shape index (κ2) is 9.05. The van der Waals surface area contributed by atoms with Gasteiger partial charge in [-0.25, -0.2) is 0 Å². The zero-order valence-corrected chi connectivity index (χ0v) is 15.6. The van der Waals surface area contributed by atoms with Crippen LogP contribution in [-0.4, -0.2) is 56.0 Å². The average Bonchev–Trinajstić information content (AvgIpc) is 3.29. The predicted molar refractivity (Wildman–Crippen MR) is 106 cm³/mol. The van der Waals surface area contributed by atoms with Crippen molar-refractivity contribution in [1.29, 1.82) is 0 Å². The maximum Gasteiger partial charge on any atom is 0.190 e. The Labute approximate surface area is 155 Å². The molecular formula is C20H30N4O2. The topological polar surface area (TPSA) is 81.7 Å². The molecule has 0 saturated carbocycles. The molecule has 26 heavy (non-hydrogen) atoms. The van der Waals surface area contributed by atoms with E-state index in [-0.39, 0.29) is 12.0 Å². The van der Waals surface area contributed by atoms with Crippen LogP contribution in [0.25, 0.3) is 10.9 Å². The lowest BCUT2D eigenvalue weighted by Crippen LogP contribution is -2.44. The van der Waals surface area contributed by atoms with Gasteiger partial charge in [0.05, 0.1) is 6.61 Å². The lowest BCUT2D eigenvalue weighted by Gasteiger charge is -2.27. The lowest BCUT2D eigenvalue weighted by atomic mass is 9.84. The first-order chi connectivity index (χ1) is 12.8. The van der Waals surface area contributed by atoms with E-state index >= 15 is 0 Å². The third-order valence-electron chi connectivity index (χ3n) is 5.27. The Bertz CT molecular complexity index is 719. The molecule has 0 bridgehead atoms. The van der Waals surface area contributed by atoms with Gasteiger partial charge < -0.3 is 25.5 Å². The van der Waals surface area contributed by atoms with Crippen LogP contribution in [0.5, 0.6) is 0 Å². The SMILES string of the molecule is CN=C(NCCCc1c[nH]c2ccccc12)NCC1(CCO)CCOC1. The van der Waals surface area contributed by atoms with Crippen LogP contribution >= 0.6 is 0 Å². The molecule has 2 heterocycles. The fraction of sp³-hybridized carbons (Fsp3) is 0.550. The van der Waals surface area contributed by atoms with Gasteiger partial charge in [-0.2, -0.15) is 0 Å². The van der Waals surface area contributed by atoms with Gasteiger partial charge in [0.25, 0.3) is 0 Å². The number of ether oxygens (including phenoxy) is 1. The van der Waals surface area contributed by atoms with Crippen LogP contribution in [0.1, 0.15) is 24.8 Å².